The maximum atomic E-state index is 5.37. The van der Waals surface area contributed by atoms with Crippen molar-refractivity contribution in [3.8, 4) is 5.69 Å². The number of aromatic nitrogens is 2. The van der Waals surface area contributed by atoms with Crippen molar-refractivity contribution in [2.45, 2.75) is 5.41 Å². The highest BCUT2D eigenvalue weighted by molar-refractivity contribution is 6.17. The Labute approximate surface area is 255 Å². The molecule has 4 nitrogen and oxygen atoms in total. The minimum atomic E-state index is -0.673. The average molecular weight is 563 g/mol. The van der Waals surface area contributed by atoms with Gasteiger partial charge in [-0.15, -0.1) is 0 Å². The topological polar surface area (TPSA) is 42.5 Å². The van der Waals surface area contributed by atoms with E-state index in [0.717, 1.165) is 33.8 Å². The highest BCUT2D eigenvalue weighted by Gasteiger charge is 2.53. The molecular weight excluding hydrogens is 536 g/mol. The fourth-order valence-electron chi connectivity index (χ4n) is 7.55. The van der Waals surface area contributed by atoms with Crippen LogP contribution in [0.4, 0.5) is 0 Å². The van der Waals surface area contributed by atoms with Gasteiger partial charge in [0.2, 0.25) is 0 Å². The van der Waals surface area contributed by atoms with Gasteiger partial charge in [-0.3, -0.25) is 4.98 Å². The third-order valence-corrected chi connectivity index (χ3v) is 9.17. The van der Waals surface area contributed by atoms with Crippen molar-refractivity contribution >= 4 is 45.6 Å². The standard InChI is InChI=1S/C40H26N4/c1-41-39(26-14-3-2-4-15-26)43-37-29-17-5-7-19-30(29)40(36(37)33-22-11-12-25-42-33)31-20-8-10-24-35(31)44-34-23-9-6-16-27(34)28-18-13-21-32(40)38(28)44/h2-25H,1H2. The summed E-state index contributed by atoms with van der Waals surface area (Å²) in [6.45, 7) is 3.94. The van der Waals surface area contributed by atoms with Gasteiger partial charge >= 0.3 is 0 Å². The van der Waals surface area contributed by atoms with E-state index in [0.29, 0.717) is 5.84 Å². The van der Waals surface area contributed by atoms with E-state index >= 15 is 0 Å². The molecule has 7 aromatic rings. The molecule has 1 atom stereocenters. The van der Waals surface area contributed by atoms with Crippen LogP contribution in [0, 0.1) is 0 Å². The van der Waals surface area contributed by atoms with E-state index in [4.69, 9.17) is 9.98 Å². The Balaban J connectivity index is 1.52. The Morgan fingerprint density at radius 1 is 0.636 bits per heavy atom. The van der Waals surface area contributed by atoms with E-state index in [1.807, 2.05) is 42.6 Å². The first kappa shape index (κ1) is 24.7. The molecule has 4 heteroatoms. The lowest BCUT2D eigenvalue weighted by atomic mass is 9.64. The lowest BCUT2D eigenvalue weighted by Gasteiger charge is -2.40. The highest BCUT2D eigenvalue weighted by Crippen LogP contribution is 2.62. The van der Waals surface area contributed by atoms with Crippen LogP contribution in [0.15, 0.2) is 156 Å². The summed E-state index contributed by atoms with van der Waals surface area (Å²) >= 11 is 0. The second-order valence-electron chi connectivity index (χ2n) is 11.3. The number of amidine groups is 1. The number of aliphatic imine (C=N–C) groups is 2. The summed E-state index contributed by atoms with van der Waals surface area (Å²) in [4.78, 5) is 14.8. The lowest BCUT2D eigenvalue weighted by molar-refractivity contribution is 0.785. The van der Waals surface area contributed by atoms with E-state index in [1.54, 1.807) is 0 Å². The largest absolute Gasteiger partial charge is 0.309 e. The molecule has 3 heterocycles. The molecule has 5 aromatic carbocycles. The Kier molecular flexibility index (Phi) is 5.23. The Bertz CT molecular complexity index is 2340. The Morgan fingerprint density at radius 3 is 2.18 bits per heavy atom. The minimum Gasteiger partial charge on any atom is -0.309 e. The van der Waals surface area contributed by atoms with Crippen molar-refractivity contribution in [2.24, 2.45) is 9.98 Å². The molecule has 206 valence electrons. The summed E-state index contributed by atoms with van der Waals surface area (Å²) in [6, 6.07) is 49.2. The quantitative estimate of drug-likeness (QED) is 0.157. The minimum absolute atomic E-state index is 0.581. The Morgan fingerprint density at radius 2 is 1.34 bits per heavy atom. The molecule has 0 fully saturated rings. The van der Waals surface area contributed by atoms with E-state index in [9.17, 15) is 0 Å². The predicted molar refractivity (Wildman–Crippen MR) is 181 cm³/mol. The summed E-state index contributed by atoms with van der Waals surface area (Å²) < 4.78 is 2.45. The third kappa shape index (κ3) is 3.14. The normalized spacial score (nSPS) is 16.9. The van der Waals surface area contributed by atoms with E-state index in [-0.39, 0.29) is 0 Å². The third-order valence-electron chi connectivity index (χ3n) is 9.17. The van der Waals surface area contributed by atoms with Crippen LogP contribution in [0.1, 0.15) is 33.5 Å². The first-order valence-electron chi connectivity index (χ1n) is 14.8. The highest BCUT2D eigenvalue weighted by atomic mass is 15.0. The van der Waals surface area contributed by atoms with Crippen molar-refractivity contribution < 1.29 is 0 Å². The molecule has 1 aliphatic heterocycles. The molecular formula is C40H26N4. The van der Waals surface area contributed by atoms with Crippen molar-refractivity contribution in [1.29, 1.82) is 0 Å². The lowest BCUT2D eigenvalue weighted by Crippen LogP contribution is -2.34. The van der Waals surface area contributed by atoms with Crippen LogP contribution in [-0.2, 0) is 5.41 Å². The number of benzene rings is 5. The van der Waals surface area contributed by atoms with Gasteiger partial charge in [0, 0.05) is 33.7 Å². The van der Waals surface area contributed by atoms with Crippen LogP contribution in [0.3, 0.4) is 0 Å². The fraction of sp³-hybridized carbons (Fsp3) is 0.0250. The molecule has 44 heavy (non-hydrogen) atoms. The maximum Gasteiger partial charge on any atom is 0.159 e. The molecule has 1 aliphatic carbocycles. The van der Waals surface area contributed by atoms with Gasteiger partial charge in [0.25, 0.3) is 0 Å². The van der Waals surface area contributed by atoms with Crippen LogP contribution in [0.2, 0.25) is 0 Å². The molecule has 2 aliphatic rings. The number of rotatable bonds is 3. The number of para-hydroxylation sites is 3. The van der Waals surface area contributed by atoms with Gasteiger partial charge in [0.1, 0.15) is 0 Å². The van der Waals surface area contributed by atoms with Crippen molar-refractivity contribution in [1.82, 2.24) is 9.55 Å². The van der Waals surface area contributed by atoms with Gasteiger partial charge in [-0.25, -0.2) is 9.98 Å². The molecule has 0 bridgehead atoms. The van der Waals surface area contributed by atoms with Gasteiger partial charge in [-0.05, 0) is 47.7 Å². The molecule has 0 saturated carbocycles. The summed E-state index contributed by atoms with van der Waals surface area (Å²) in [5, 5.41) is 2.48. The van der Waals surface area contributed by atoms with Gasteiger partial charge in [0.15, 0.2) is 5.84 Å². The van der Waals surface area contributed by atoms with Gasteiger partial charge < -0.3 is 4.57 Å². The molecule has 0 amide bonds. The zero-order valence-electron chi connectivity index (χ0n) is 23.9. The zero-order valence-corrected chi connectivity index (χ0v) is 23.9. The number of allylic oxidation sites excluding steroid dienone is 1. The van der Waals surface area contributed by atoms with Crippen molar-refractivity contribution in [3.05, 3.63) is 179 Å². The summed E-state index contributed by atoms with van der Waals surface area (Å²) in [5.74, 6) is 0.581. The fourth-order valence-corrected chi connectivity index (χ4v) is 7.55. The second-order valence-corrected chi connectivity index (χ2v) is 11.3. The van der Waals surface area contributed by atoms with Crippen LogP contribution < -0.4 is 0 Å². The van der Waals surface area contributed by atoms with Crippen molar-refractivity contribution in [2.75, 3.05) is 0 Å². The molecule has 1 spiro atoms. The molecule has 1 unspecified atom stereocenters. The van der Waals surface area contributed by atoms with E-state index in [2.05, 4.69) is 119 Å². The summed E-state index contributed by atoms with van der Waals surface area (Å²) in [7, 11) is 0. The monoisotopic (exact) mass is 562 g/mol. The summed E-state index contributed by atoms with van der Waals surface area (Å²) in [6.07, 6.45) is 1.87. The van der Waals surface area contributed by atoms with E-state index < -0.39 is 5.41 Å². The van der Waals surface area contributed by atoms with E-state index in [1.165, 1.54) is 38.5 Å². The number of fused-ring (bicyclic) bond motifs is 9. The van der Waals surface area contributed by atoms with Gasteiger partial charge in [-0.2, -0.15) is 0 Å². The Hall–Kier alpha value is -5.87. The van der Waals surface area contributed by atoms with Gasteiger partial charge in [-0.1, -0.05) is 115 Å². The molecule has 0 radical (unpaired) electrons. The number of hydrogen-bond donors (Lipinski definition) is 0. The number of nitrogens with zero attached hydrogens (tertiary/aromatic N) is 4. The van der Waals surface area contributed by atoms with Crippen LogP contribution in [0.25, 0.3) is 38.8 Å². The SMILES string of the molecule is C=NC(=NC1=C(c2ccccn2)C2(c3ccccc31)c1ccccc1-n1c3ccccc3c3cccc2c31)c1ccccc1. The zero-order chi connectivity index (χ0) is 29.3. The van der Waals surface area contributed by atoms with Crippen LogP contribution >= 0.6 is 0 Å². The molecule has 0 N–H and O–H groups in total. The molecule has 9 rings (SSSR count). The summed E-state index contributed by atoms with van der Waals surface area (Å²) in [5.41, 5.74) is 11.3. The average Bonchev–Trinajstić information content (AvgIpc) is 3.58. The van der Waals surface area contributed by atoms with Gasteiger partial charge in [0.05, 0.1) is 33.5 Å². The molecule has 2 aromatic heterocycles. The molecule has 0 saturated heterocycles. The van der Waals surface area contributed by atoms with Crippen LogP contribution in [-0.4, -0.2) is 22.1 Å². The predicted octanol–water partition coefficient (Wildman–Crippen LogP) is 8.86. The van der Waals surface area contributed by atoms with Crippen LogP contribution in [0.5, 0.6) is 0 Å². The smallest absolute Gasteiger partial charge is 0.159 e. The maximum absolute atomic E-state index is 5.37. The van der Waals surface area contributed by atoms with Crippen molar-refractivity contribution in [3.63, 3.8) is 0 Å². The number of pyridine rings is 1. The second kappa shape index (κ2) is 9.32. The first-order valence-corrected chi connectivity index (χ1v) is 14.8. The number of hydrogen-bond acceptors (Lipinski definition) is 2. The first-order chi connectivity index (χ1) is 21.8.